The van der Waals surface area contributed by atoms with Crippen LogP contribution < -0.4 is 4.90 Å². The lowest BCUT2D eigenvalue weighted by Crippen LogP contribution is -2.38. The average molecular weight is 367 g/mol. The quantitative estimate of drug-likeness (QED) is 0.466. The van der Waals surface area contributed by atoms with Gasteiger partial charge in [-0.1, -0.05) is 49.4 Å². The monoisotopic (exact) mass is 366 g/mol. The van der Waals surface area contributed by atoms with Gasteiger partial charge >= 0.3 is 0 Å². The van der Waals surface area contributed by atoms with Crippen LogP contribution in [0.1, 0.15) is 50.8 Å². The van der Waals surface area contributed by atoms with Gasteiger partial charge in [0.25, 0.3) is 0 Å². The minimum absolute atomic E-state index is 0.104. The minimum atomic E-state index is -0.378. The van der Waals surface area contributed by atoms with Gasteiger partial charge in [-0.25, -0.2) is 0 Å². The SMILES string of the molecule is COCCCN1CCC(C)(C)c2cc(-c3ccccc3)c(C(C)N=O)cc21. The van der Waals surface area contributed by atoms with Crippen LogP contribution in [0, 0.1) is 4.91 Å². The second-order valence-electron chi connectivity index (χ2n) is 8.07. The lowest BCUT2D eigenvalue weighted by atomic mass is 9.75. The van der Waals surface area contributed by atoms with Crippen LogP contribution in [0.4, 0.5) is 5.69 Å². The molecule has 0 fully saturated rings. The maximum Gasteiger partial charge on any atom is 0.115 e. The first-order valence-corrected chi connectivity index (χ1v) is 9.78. The van der Waals surface area contributed by atoms with E-state index in [9.17, 15) is 4.91 Å². The molecule has 0 bridgehead atoms. The predicted octanol–water partition coefficient (Wildman–Crippen LogP) is 5.71. The number of rotatable bonds is 7. The van der Waals surface area contributed by atoms with E-state index in [0.717, 1.165) is 49.2 Å². The molecule has 4 nitrogen and oxygen atoms in total. The van der Waals surface area contributed by atoms with Crippen LogP contribution in [0.25, 0.3) is 11.1 Å². The van der Waals surface area contributed by atoms with Gasteiger partial charge in [0.2, 0.25) is 0 Å². The number of nitrogens with zero attached hydrogens (tertiary/aromatic N) is 2. The fraction of sp³-hybridized carbons (Fsp3) is 0.478. The van der Waals surface area contributed by atoms with Gasteiger partial charge in [-0.2, -0.15) is 4.91 Å². The second-order valence-corrected chi connectivity index (χ2v) is 8.07. The van der Waals surface area contributed by atoms with Crippen molar-refractivity contribution < 1.29 is 4.74 Å². The summed E-state index contributed by atoms with van der Waals surface area (Å²) in [7, 11) is 1.74. The third-order valence-corrected chi connectivity index (χ3v) is 5.71. The molecule has 144 valence electrons. The number of nitroso groups, excluding NO2 is 1. The molecule has 0 saturated heterocycles. The van der Waals surface area contributed by atoms with E-state index in [-0.39, 0.29) is 11.5 Å². The molecule has 0 aliphatic carbocycles. The zero-order valence-corrected chi connectivity index (χ0v) is 16.9. The molecule has 0 saturated carbocycles. The molecule has 1 unspecified atom stereocenters. The summed E-state index contributed by atoms with van der Waals surface area (Å²) >= 11 is 0. The highest BCUT2D eigenvalue weighted by Gasteiger charge is 2.33. The van der Waals surface area contributed by atoms with Gasteiger partial charge in [-0.05, 0) is 59.6 Å². The Balaban J connectivity index is 2.13. The fourth-order valence-corrected chi connectivity index (χ4v) is 3.98. The van der Waals surface area contributed by atoms with Crippen molar-refractivity contribution in [2.75, 3.05) is 31.7 Å². The van der Waals surface area contributed by atoms with E-state index in [1.807, 2.05) is 25.1 Å². The number of ether oxygens (including phenoxy) is 1. The van der Waals surface area contributed by atoms with Crippen LogP contribution in [0.15, 0.2) is 47.6 Å². The summed E-state index contributed by atoms with van der Waals surface area (Å²) in [4.78, 5) is 13.8. The zero-order valence-electron chi connectivity index (χ0n) is 16.9. The van der Waals surface area contributed by atoms with Gasteiger partial charge in [0.1, 0.15) is 6.04 Å². The summed E-state index contributed by atoms with van der Waals surface area (Å²) < 4.78 is 5.24. The highest BCUT2D eigenvalue weighted by atomic mass is 16.5. The molecule has 0 amide bonds. The van der Waals surface area contributed by atoms with Gasteiger partial charge in [-0.3, -0.25) is 0 Å². The lowest BCUT2D eigenvalue weighted by molar-refractivity contribution is 0.195. The second kappa shape index (κ2) is 8.22. The van der Waals surface area contributed by atoms with E-state index in [1.54, 1.807) is 7.11 Å². The summed E-state index contributed by atoms with van der Waals surface area (Å²) in [6.07, 6.45) is 2.11. The average Bonchev–Trinajstić information content (AvgIpc) is 2.69. The highest BCUT2D eigenvalue weighted by molar-refractivity contribution is 5.75. The number of hydrogen-bond donors (Lipinski definition) is 0. The largest absolute Gasteiger partial charge is 0.385 e. The number of anilines is 1. The summed E-state index contributed by atoms with van der Waals surface area (Å²) in [5, 5.41) is 3.34. The number of methoxy groups -OCH3 is 1. The van der Waals surface area contributed by atoms with E-state index >= 15 is 0 Å². The highest BCUT2D eigenvalue weighted by Crippen LogP contribution is 2.44. The Hall–Kier alpha value is -2.20. The Bertz CT molecular complexity index is 786. The van der Waals surface area contributed by atoms with Crippen LogP contribution in [-0.4, -0.2) is 26.8 Å². The van der Waals surface area contributed by atoms with E-state index < -0.39 is 0 Å². The van der Waals surface area contributed by atoms with Crippen LogP contribution in [0.3, 0.4) is 0 Å². The predicted molar refractivity (Wildman–Crippen MR) is 112 cm³/mol. The van der Waals surface area contributed by atoms with E-state index in [1.165, 1.54) is 11.3 Å². The Morgan fingerprint density at radius 2 is 1.96 bits per heavy atom. The number of fused-ring (bicyclic) bond motifs is 1. The first-order valence-electron chi connectivity index (χ1n) is 9.78. The normalized spacial score (nSPS) is 16.7. The van der Waals surface area contributed by atoms with Crippen LogP contribution in [-0.2, 0) is 10.2 Å². The standard InChI is InChI=1S/C23H30N2O2/c1-17(24-26)19-16-22-21(15-20(19)18-9-6-5-7-10-18)23(2,3)11-13-25(22)12-8-14-27-4/h5-7,9-10,15-17H,8,11-14H2,1-4H3. The van der Waals surface area contributed by atoms with Crippen LogP contribution >= 0.6 is 0 Å². The Kier molecular flexibility index (Phi) is 5.95. The van der Waals surface area contributed by atoms with Crippen molar-refractivity contribution in [2.24, 2.45) is 5.18 Å². The molecule has 1 atom stereocenters. The molecule has 0 N–H and O–H groups in total. The lowest BCUT2D eigenvalue weighted by Gasteiger charge is -2.41. The Morgan fingerprint density at radius 3 is 2.63 bits per heavy atom. The molecule has 0 aromatic heterocycles. The molecule has 3 rings (SSSR count). The third kappa shape index (κ3) is 4.06. The smallest absolute Gasteiger partial charge is 0.115 e. The van der Waals surface area contributed by atoms with Gasteiger partial charge < -0.3 is 9.64 Å². The molecule has 2 aromatic carbocycles. The molecular weight excluding hydrogens is 336 g/mol. The summed E-state index contributed by atoms with van der Waals surface area (Å²) in [5.41, 5.74) is 5.96. The van der Waals surface area contributed by atoms with Crippen molar-refractivity contribution in [1.82, 2.24) is 0 Å². The van der Waals surface area contributed by atoms with Crippen molar-refractivity contribution >= 4 is 5.69 Å². The van der Waals surface area contributed by atoms with E-state index in [4.69, 9.17) is 4.74 Å². The molecule has 1 aliphatic heterocycles. The minimum Gasteiger partial charge on any atom is -0.385 e. The molecule has 4 heteroatoms. The van der Waals surface area contributed by atoms with Crippen LogP contribution in [0.5, 0.6) is 0 Å². The molecule has 27 heavy (non-hydrogen) atoms. The first kappa shape index (κ1) is 19.6. The molecule has 2 aromatic rings. The van der Waals surface area contributed by atoms with E-state index in [0.29, 0.717) is 0 Å². The number of hydrogen-bond acceptors (Lipinski definition) is 4. The van der Waals surface area contributed by atoms with Gasteiger partial charge in [0.05, 0.1) is 0 Å². The maximum absolute atomic E-state index is 11.4. The fourth-order valence-electron chi connectivity index (χ4n) is 3.98. The van der Waals surface area contributed by atoms with Crippen molar-refractivity contribution in [2.45, 2.75) is 45.1 Å². The Labute approximate surface area is 162 Å². The van der Waals surface area contributed by atoms with Crippen molar-refractivity contribution in [3.63, 3.8) is 0 Å². The van der Waals surface area contributed by atoms with E-state index in [2.05, 4.69) is 48.2 Å². The zero-order chi connectivity index (χ0) is 19.4. The first-order chi connectivity index (χ1) is 13.0. The molecule has 0 spiro atoms. The summed E-state index contributed by atoms with van der Waals surface area (Å²) in [6.45, 7) is 9.25. The topological polar surface area (TPSA) is 41.9 Å². The van der Waals surface area contributed by atoms with Gasteiger partial charge in [0, 0.05) is 32.5 Å². The molecule has 1 aliphatic rings. The molecule has 0 radical (unpaired) electrons. The van der Waals surface area contributed by atoms with Crippen LogP contribution in [0.2, 0.25) is 0 Å². The Morgan fingerprint density at radius 1 is 1.22 bits per heavy atom. The number of benzene rings is 2. The van der Waals surface area contributed by atoms with Crippen molar-refractivity contribution in [3.05, 3.63) is 58.5 Å². The summed E-state index contributed by atoms with van der Waals surface area (Å²) in [6, 6.07) is 14.4. The molecular formula is C23H30N2O2. The third-order valence-electron chi connectivity index (χ3n) is 5.71. The maximum atomic E-state index is 11.4. The van der Waals surface area contributed by atoms with Gasteiger partial charge in [0.15, 0.2) is 0 Å². The van der Waals surface area contributed by atoms with Gasteiger partial charge in [-0.15, -0.1) is 0 Å². The van der Waals surface area contributed by atoms with Crippen molar-refractivity contribution in [3.8, 4) is 11.1 Å². The summed E-state index contributed by atoms with van der Waals surface area (Å²) in [5.74, 6) is 0. The molecule has 1 heterocycles. The van der Waals surface area contributed by atoms with Crippen molar-refractivity contribution in [1.29, 1.82) is 0 Å².